The summed E-state index contributed by atoms with van der Waals surface area (Å²) >= 11 is 0. The molecule has 0 aliphatic rings. The molecule has 41 heavy (non-hydrogen) atoms. The summed E-state index contributed by atoms with van der Waals surface area (Å²) in [4.78, 5) is 40.2. The Morgan fingerprint density at radius 1 is 0.927 bits per heavy atom. The van der Waals surface area contributed by atoms with Gasteiger partial charge < -0.3 is 25.8 Å². The number of nitrogens with zero attached hydrogens (tertiary/aromatic N) is 1. The Hall–Kier alpha value is -5.36. The van der Waals surface area contributed by atoms with Crippen LogP contribution in [-0.2, 0) is 9.59 Å². The minimum atomic E-state index is -1.31. The number of aliphatic hydroxyl groups is 1. The molecule has 11 nitrogen and oxygen atoms in total. The highest BCUT2D eigenvalue weighted by atomic mass is 16.5. The monoisotopic (exact) mass is 557 g/mol. The van der Waals surface area contributed by atoms with Gasteiger partial charge in [-0.1, -0.05) is 19.3 Å². The second-order valence-corrected chi connectivity index (χ2v) is 8.31. The molecule has 6 N–H and O–H groups in total. The van der Waals surface area contributed by atoms with Gasteiger partial charge in [-0.3, -0.25) is 19.6 Å². The Labute approximate surface area is 238 Å². The van der Waals surface area contributed by atoms with E-state index >= 15 is 0 Å². The highest BCUT2D eigenvalue weighted by Gasteiger charge is 2.25. The van der Waals surface area contributed by atoms with Crippen molar-refractivity contribution in [2.45, 2.75) is 26.5 Å². The molecule has 11 heteroatoms. The van der Waals surface area contributed by atoms with Crippen LogP contribution in [0.2, 0.25) is 0 Å². The van der Waals surface area contributed by atoms with Gasteiger partial charge in [-0.05, 0) is 73.4 Å². The zero-order valence-corrected chi connectivity index (χ0v) is 21.7. The summed E-state index contributed by atoms with van der Waals surface area (Å²) < 4.78 is 5.00. The van der Waals surface area contributed by atoms with Crippen LogP contribution >= 0.6 is 0 Å². The van der Waals surface area contributed by atoms with E-state index in [1.54, 1.807) is 54.7 Å². The summed E-state index contributed by atoms with van der Waals surface area (Å²) in [5, 5.41) is 26.5. The van der Waals surface area contributed by atoms with Gasteiger partial charge >= 0.3 is 0 Å². The summed E-state index contributed by atoms with van der Waals surface area (Å²) in [7, 11) is 1.53. The molecule has 212 valence electrons. The summed E-state index contributed by atoms with van der Waals surface area (Å²) in [5.41, 5.74) is 4.29. The molecule has 0 unspecified atom stereocenters. The Bertz CT molecular complexity index is 1450. The van der Waals surface area contributed by atoms with Gasteiger partial charge in [0.15, 0.2) is 0 Å². The smallest absolute Gasteiger partial charge is 0.268 e. The first kappa shape index (κ1) is 31.9. The second-order valence-electron chi connectivity index (χ2n) is 8.31. The predicted octanol–water partition coefficient (Wildman–Crippen LogP) is 2.16. The molecule has 3 amide bonds. The van der Waals surface area contributed by atoms with Crippen molar-refractivity contribution < 1.29 is 29.4 Å². The number of amides is 3. The standard InChI is InChI=1S/C29H27N5O6.CH4/c1-19(35)27(29(38)34-39)33-28(37)22-11-7-20(8-12-22)5-3-4-6-21-9-13-23(14-10-21)32-25(36)18-30-24-15-16-26(40-2)31-17-24;/h7-17,19,27,30,35,39H,18H2,1-2H3,(H,32,36)(H,33,37)(H,34,38);1H4/t19-,27+;/m1./s1. The van der Waals surface area contributed by atoms with Gasteiger partial charge in [-0.15, -0.1) is 0 Å². The molecule has 0 bridgehead atoms. The lowest BCUT2D eigenvalue weighted by Gasteiger charge is -2.19. The minimum Gasteiger partial charge on any atom is -0.481 e. The molecule has 3 aromatic rings. The van der Waals surface area contributed by atoms with Crippen molar-refractivity contribution in [2.24, 2.45) is 0 Å². The van der Waals surface area contributed by atoms with Crippen LogP contribution in [0.15, 0.2) is 66.9 Å². The van der Waals surface area contributed by atoms with Gasteiger partial charge in [0.1, 0.15) is 6.04 Å². The number of hydrogen-bond donors (Lipinski definition) is 6. The fourth-order valence-corrected chi connectivity index (χ4v) is 3.24. The first-order valence-electron chi connectivity index (χ1n) is 12.0. The number of carbonyl (C=O) groups excluding carboxylic acids is 3. The van der Waals surface area contributed by atoms with Gasteiger partial charge in [-0.25, -0.2) is 10.5 Å². The zero-order chi connectivity index (χ0) is 28.9. The van der Waals surface area contributed by atoms with E-state index in [2.05, 4.69) is 44.6 Å². The molecule has 1 heterocycles. The second kappa shape index (κ2) is 15.9. The maximum absolute atomic E-state index is 12.3. The third-order valence-corrected chi connectivity index (χ3v) is 5.35. The van der Waals surface area contributed by atoms with Crippen molar-refractivity contribution in [3.05, 3.63) is 83.6 Å². The number of pyridine rings is 1. The van der Waals surface area contributed by atoms with E-state index in [1.807, 2.05) is 0 Å². The molecule has 0 saturated carbocycles. The molecule has 1 aromatic heterocycles. The van der Waals surface area contributed by atoms with Crippen LogP contribution in [-0.4, -0.2) is 58.8 Å². The van der Waals surface area contributed by atoms with E-state index in [1.165, 1.54) is 31.6 Å². The number of anilines is 2. The van der Waals surface area contributed by atoms with E-state index in [0.29, 0.717) is 28.4 Å². The van der Waals surface area contributed by atoms with E-state index < -0.39 is 24.0 Å². The third kappa shape index (κ3) is 10.0. The number of benzene rings is 2. The Morgan fingerprint density at radius 2 is 1.51 bits per heavy atom. The number of methoxy groups -OCH3 is 1. The van der Waals surface area contributed by atoms with Crippen molar-refractivity contribution >= 4 is 29.1 Å². The maximum Gasteiger partial charge on any atom is 0.268 e. The largest absolute Gasteiger partial charge is 0.481 e. The van der Waals surface area contributed by atoms with Crippen molar-refractivity contribution in [1.29, 1.82) is 0 Å². The lowest BCUT2D eigenvalue weighted by Crippen LogP contribution is -2.51. The van der Waals surface area contributed by atoms with Crippen LogP contribution in [0, 0.1) is 23.7 Å². The number of aromatic nitrogens is 1. The lowest BCUT2D eigenvalue weighted by atomic mass is 10.1. The number of hydroxylamine groups is 1. The number of hydrogen-bond acceptors (Lipinski definition) is 8. The quantitative estimate of drug-likeness (QED) is 0.133. The molecule has 3 rings (SSSR count). The summed E-state index contributed by atoms with van der Waals surface area (Å²) in [6.07, 6.45) is 0.371. The number of rotatable bonds is 9. The van der Waals surface area contributed by atoms with E-state index in [9.17, 15) is 19.5 Å². The summed E-state index contributed by atoms with van der Waals surface area (Å²) in [6, 6.07) is 15.4. The highest BCUT2D eigenvalue weighted by Crippen LogP contribution is 2.12. The van der Waals surface area contributed by atoms with Crippen LogP contribution in [0.5, 0.6) is 5.88 Å². The SMILES string of the molecule is C.COc1ccc(NCC(=O)Nc2ccc(C#CC#Cc3ccc(C(=O)N[C@H](C(=O)NO)[C@@H](C)O)cc3)cc2)cn1. The Balaban J connectivity index is 0.00000588. The van der Waals surface area contributed by atoms with Crippen LogP contribution in [0.1, 0.15) is 35.8 Å². The van der Waals surface area contributed by atoms with Crippen LogP contribution in [0.4, 0.5) is 11.4 Å². The molecule has 0 fully saturated rings. The molecular formula is C30H31N5O6. The molecule has 0 radical (unpaired) electrons. The fourth-order valence-electron chi connectivity index (χ4n) is 3.24. The number of aliphatic hydroxyl groups excluding tert-OH is 1. The highest BCUT2D eigenvalue weighted by molar-refractivity contribution is 5.97. The van der Waals surface area contributed by atoms with Gasteiger partial charge in [0, 0.05) is 28.4 Å². The van der Waals surface area contributed by atoms with Gasteiger partial charge in [0.05, 0.1) is 31.6 Å². The minimum absolute atomic E-state index is 0. The van der Waals surface area contributed by atoms with Gasteiger partial charge in [-0.2, -0.15) is 0 Å². The van der Waals surface area contributed by atoms with Crippen LogP contribution in [0.3, 0.4) is 0 Å². The van der Waals surface area contributed by atoms with E-state index in [4.69, 9.17) is 9.94 Å². The van der Waals surface area contributed by atoms with Gasteiger partial charge in [0.25, 0.3) is 11.8 Å². The number of ether oxygens (including phenoxy) is 1. The predicted molar refractivity (Wildman–Crippen MR) is 154 cm³/mol. The Kier molecular flexibility index (Phi) is 12.4. The third-order valence-electron chi connectivity index (χ3n) is 5.35. The number of nitrogens with one attached hydrogen (secondary N) is 4. The lowest BCUT2D eigenvalue weighted by molar-refractivity contribution is -0.133. The average molecular weight is 558 g/mol. The molecule has 0 aliphatic carbocycles. The maximum atomic E-state index is 12.3. The Morgan fingerprint density at radius 3 is 2.02 bits per heavy atom. The van der Waals surface area contributed by atoms with Crippen molar-refractivity contribution in [3.63, 3.8) is 0 Å². The molecule has 0 aliphatic heterocycles. The van der Waals surface area contributed by atoms with Gasteiger partial charge in [0.2, 0.25) is 11.8 Å². The van der Waals surface area contributed by atoms with E-state index in [0.717, 1.165) is 0 Å². The molecular weight excluding hydrogens is 526 g/mol. The zero-order valence-electron chi connectivity index (χ0n) is 21.7. The fraction of sp³-hybridized carbons (Fsp3) is 0.200. The first-order valence-corrected chi connectivity index (χ1v) is 12.0. The van der Waals surface area contributed by atoms with Crippen LogP contribution < -0.4 is 26.2 Å². The first-order chi connectivity index (χ1) is 19.3. The van der Waals surface area contributed by atoms with Crippen molar-refractivity contribution in [3.8, 4) is 29.6 Å². The van der Waals surface area contributed by atoms with Crippen molar-refractivity contribution in [1.82, 2.24) is 15.8 Å². The average Bonchev–Trinajstić information content (AvgIpc) is 2.97. The van der Waals surface area contributed by atoms with E-state index in [-0.39, 0.29) is 25.4 Å². The summed E-state index contributed by atoms with van der Waals surface area (Å²) in [6.45, 7) is 1.38. The molecule has 2 atom stereocenters. The summed E-state index contributed by atoms with van der Waals surface area (Å²) in [5.74, 6) is 10.0. The normalized spacial score (nSPS) is 11.0. The topological polar surface area (TPSA) is 162 Å². The number of carbonyl (C=O) groups is 3. The molecule has 2 aromatic carbocycles. The molecule has 0 saturated heterocycles. The molecule has 0 spiro atoms. The van der Waals surface area contributed by atoms with Crippen molar-refractivity contribution in [2.75, 3.05) is 24.3 Å². The van der Waals surface area contributed by atoms with Crippen LogP contribution in [0.25, 0.3) is 0 Å².